The van der Waals surface area contributed by atoms with E-state index in [1.807, 2.05) is 23.1 Å². The van der Waals surface area contributed by atoms with E-state index in [0.717, 1.165) is 5.56 Å². The zero-order chi connectivity index (χ0) is 22.0. The van der Waals surface area contributed by atoms with Crippen LogP contribution >= 0.6 is 0 Å². The Morgan fingerprint density at radius 1 is 1.13 bits per heavy atom. The van der Waals surface area contributed by atoms with Gasteiger partial charge in [0.2, 0.25) is 5.91 Å². The number of carbonyl (C=O) groups excluding carboxylic acids is 2. The number of nitrogens with zero attached hydrogens (tertiary/aromatic N) is 1. The summed E-state index contributed by atoms with van der Waals surface area (Å²) >= 11 is 0. The topological polar surface area (TPSA) is 55.8 Å². The van der Waals surface area contributed by atoms with Crippen LogP contribution in [0.4, 0.5) is 0 Å². The molecule has 5 heteroatoms. The number of fused-ring (bicyclic) bond motifs is 1. The molecule has 5 nitrogen and oxygen atoms in total. The molecule has 1 saturated heterocycles. The maximum absolute atomic E-state index is 12.7. The first-order chi connectivity index (χ1) is 14.9. The molecule has 162 valence electrons. The molecule has 31 heavy (non-hydrogen) atoms. The standard InChI is InChI=1S/C26H29NO4/c1-18(2)20-7-4-19(5-8-20)6-11-25(29)27-14-12-26(13-15-27)17-23(28)22-10-9-21(30-3)16-24(22)31-26/h4-11,16,18H,12-15,17H2,1-3H3/b11-6+. The van der Waals surface area contributed by atoms with Crippen LogP contribution in [-0.4, -0.2) is 42.4 Å². The molecular formula is C26H29NO4. The Morgan fingerprint density at radius 2 is 1.84 bits per heavy atom. The van der Waals surface area contributed by atoms with E-state index >= 15 is 0 Å². The molecule has 2 aromatic rings. The number of hydrogen-bond acceptors (Lipinski definition) is 4. The molecular weight excluding hydrogens is 390 g/mol. The highest BCUT2D eigenvalue weighted by Crippen LogP contribution is 2.40. The molecule has 1 fully saturated rings. The monoisotopic (exact) mass is 419 g/mol. The molecule has 0 aromatic heterocycles. The number of methoxy groups -OCH3 is 1. The molecule has 0 aliphatic carbocycles. The Morgan fingerprint density at radius 3 is 2.48 bits per heavy atom. The summed E-state index contributed by atoms with van der Waals surface area (Å²) < 4.78 is 11.6. The lowest BCUT2D eigenvalue weighted by Gasteiger charge is -2.43. The fraction of sp³-hybridized carbons (Fsp3) is 0.385. The molecule has 4 rings (SSSR count). The highest BCUT2D eigenvalue weighted by Gasteiger charge is 2.43. The van der Waals surface area contributed by atoms with E-state index in [4.69, 9.17) is 9.47 Å². The quantitative estimate of drug-likeness (QED) is 0.664. The number of benzene rings is 2. The van der Waals surface area contributed by atoms with Crippen LogP contribution in [-0.2, 0) is 4.79 Å². The number of ether oxygens (including phenoxy) is 2. The fourth-order valence-electron chi connectivity index (χ4n) is 4.28. The van der Waals surface area contributed by atoms with Crippen molar-refractivity contribution in [2.75, 3.05) is 20.2 Å². The summed E-state index contributed by atoms with van der Waals surface area (Å²) in [6.45, 7) is 5.47. The first-order valence-electron chi connectivity index (χ1n) is 10.9. The Bertz CT molecular complexity index is 999. The zero-order valence-corrected chi connectivity index (χ0v) is 18.4. The molecule has 2 aromatic carbocycles. The fourth-order valence-corrected chi connectivity index (χ4v) is 4.28. The molecule has 2 heterocycles. The van der Waals surface area contributed by atoms with Crippen LogP contribution < -0.4 is 9.47 Å². The second-order valence-corrected chi connectivity index (χ2v) is 8.73. The summed E-state index contributed by atoms with van der Waals surface area (Å²) in [5, 5.41) is 0. The lowest BCUT2D eigenvalue weighted by atomic mass is 9.82. The lowest BCUT2D eigenvalue weighted by molar-refractivity contribution is -0.129. The van der Waals surface area contributed by atoms with E-state index in [0.29, 0.717) is 55.3 Å². The van der Waals surface area contributed by atoms with Gasteiger partial charge in [-0.05, 0) is 35.3 Å². The molecule has 0 unspecified atom stereocenters. The average Bonchev–Trinajstić information content (AvgIpc) is 2.77. The summed E-state index contributed by atoms with van der Waals surface area (Å²) in [7, 11) is 1.60. The first kappa shape index (κ1) is 21.2. The normalized spacial score (nSPS) is 17.7. The van der Waals surface area contributed by atoms with Crippen molar-refractivity contribution in [1.82, 2.24) is 4.90 Å². The third-order valence-electron chi connectivity index (χ3n) is 6.31. The van der Waals surface area contributed by atoms with Crippen LogP contribution in [0.3, 0.4) is 0 Å². The predicted molar refractivity (Wildman–Crippen MR) is 121 cm³/mol. The summed E-state index contributed by atoms with van der Waals surface area (Å²) in [5.41, 5.74) is 2.37. The van der Waals surface area contributed by atoms with Crippen LogP contribution in [0.5, 0.6) is 11.5 Å². The summed E-state index contributed by atoms with van der Waals surface area (Å²) in [6, 6.07) is 13.6. The number of carbonyl (C=O) groups is 2. The number of hydrogen-bond donors (Lipinski definition) is 0. The van der Waals surface area contributed by atoms with Crippen LogP contribution in [0.15, 0.2) is 48.5 Å². The molecule has 2 aliphatic heterocycles. The number of ketones is 1. The summed E-state index contributed by atoms with van der Waals surface area (Å²) in [4.78, 5) is 27.2. The third-order valence-corrected chi connectivity index (χ3v) is 6.31. The van der Waals surface area contributed by atoms with Crippen molar-refractivity contribution in [3.8, 4) is 11.5 Å². The van der Waals surface area contributed by atoms with Gasteiger partial charge in [0.05, 0.1) is 19.1 Å². The largest absolute Gasteiger partial charge is 0.497 e. The maximum atomic E-state index is 12.7. The van der Waals surface area contributed by atoms with Gasteiger partial charge in [-0.25, -0.2) is 0 Å². The molecule has 0 radical (unpaired) electrons. The van der Waals surface area contributed by atoms with Gasteiger partial charge < -0.3 is 14.4 Å². The average molecular weight is 420 g/mol. The Kier molecular flexibility index (Phi) is 5.86. The van der Waals surface area contributed by atoms with Crippen LogP contribution in [0.25, 0.3) is 6.08 Å². The van der Waals surface area contributed by atoms with Crippen molar-refractivity contribution in [3.05, 3.63) is 65.2 Å². The minimum Gasteiger partial charge on any atom is -0.497 e. The number of rotatable bonds is 4. The Labute approximate surface area is 183 Å². The smallest absolute Gasteiger partial charge is 0.246 e. The van der Waals surface area contributed by atoms with E-state index < -0.39 is 5.60 Å². The van der Waals surface area contributed by atoms with Crippen molar-refractivity contribution >= 4 is 17.8 Å². The number of likely N-dealkylation sites (tertiary alicyclic amines) is 1. The zero-order valence-electron chi connectivity index (χ0n) is 18.4. The van der Waals surface area contributed by atoms with Gasteiger partial charge in [-0.3, -0.25) is 9.59 Å². The molecule has 0 saturated carbocycles. The Balaban J connectivity index is 1.39. The minimum atomic E-state index is -0.538. The number of amides is 1. The lowest BCUT2D eigenvalue weighted by Crippen LogP contribution is -2.52. The van der Waals surface area contributed by atoms with Crippen molar-refractivity contribution in [1.29, 1.82) is 0 Å². The highest BCUT2D eigenvalue weighted by molar-refractivity contribution is 6.00. The van der Waals surface area contributed by atoms with E-state index in [9.17, 15) is 9.59 Å². The summed E-state index contributed by atoms with van der Waals surface area (Å²) in [6.07, 6.45) is 5.12. The maximum Gasteiger partial charge on any atom is 0.246 e. The van der Waals surface area contributed by atoms with Gasteiger partial charge in [0.15, 0.2) is 5.78 Å². The van der Waals surface area contributed by atoms with Gasteiger partial charge in [-0.2, -0.15) is 0 Å². The molecule has 0 N–H and O–H groups in total. The number of piperidine rings is 1. The van der Waals surface area contributed by atoms with Gasteiger partial charge in [0, 0.05) is 38.1 Å². The second-order valence-electron chi connectivity index (χ2n) is 8.73. The molecule has 0 bridgehead atoms. The van der Waals surface area contributed by atoms with Gasteiger partial charge in [0.25, 0.3) is 0 Å². The van der Waals surface area contributed by atoms with Gasteiger partial charge in [-0.1, -0.05) is 38.1 Å². The van der Waals surface area contributed by atoms with E-state index in [2.05, 4.69) is 26.0 Å². The minimum absolute atomic E-state index is 0.00742. The highest BCUT2D eigenvalue weighted by atomic mass is 16.5. The van der Waals surface area contributed by atoms with Crippen LogP contribution in [0.1, 0.15) is 60.5 Å². The van der Waals surface area contributed by atoms with Gasteiger partial charge in [-0.15, -0.1) is 0 Å². The molecule has 2 aliphatic rings. The van der Waals surface area contributed by atoms with Crippen molar-refractivity contribution in [2.45, 2.75) is 44.6 Å². The Hall–Kier alpha value is -3.08. The first-order valence-corrected chi connectivity index (χ1v) is 10.9. The van der Waals surface area contributed by atoms with Crippen LogP contribution in [0.2, 0.25) is 0 Å². The van der Waals surface area contributed by atoms with Gasteiger partial charge in [0.1, 0.15) is 17.1 Å². The molecule has 1 spiro atoms. The van der Waals surface area contributed by atoms with E-state index in [1.165, 1.54) is 5.56 Å². The van der Waals surface area contributed by atoms with Crippen molar-refractivity contribution < 1.29 is 19.1 Å². The summed E-state index contributed by atoms with van der Waals surface area (Å²) in [5.74, 6) is 1.82. The second kappa shape index (κ2) is 8.58. The van der Waals surface area contributed by atoms with E-state index in [1.54, 1.807) is 31.4 Å². The SMILES string of the molecule is COc1ccc2c(c1)OC1(CCN(C(=O)/C=C/c3ccc(C(C)C)cc3)CC1)CC2=O. The van der Waals surface area contributed by atoms with E-state index in [-0.39, 0.29) is 11.7 Å². The van der Waals surface area contributed by atoms with Crippen molar-refractivity contribution in [3.63, 3.8) is 0 Å². The van der Waals surface area contributed by atoms with Crippen molar-refractivity contribution in [2.24, 2.45) is 0 Å². The molecule has 1 amide bonds. The van der Waals surface area contributed by atoms with Gasteiger partial charge >= 0.3 is 0 Å². The number of Topliss-reactive ketones (excluding diaryl/α,β-unsaturated/α-hetero) is 1. The third kappa shape index (κ3) is 4.50. The van der Waals surface area contributed by atoms with Crippen LogP contribution in [0, 0.1) is 0 Å². The molecule has 0 atom stereocenters. The predicted octanol–water partition coefficient (Wildman–Crippen LogP) is 4.86.